The number of hydrogen-bond acceptors (Lipinski definition) is 7. The molecule has 0 aliphatic heterocycles. The van der Waals surface area contributed by atoms with Crippen LogP contribution in [0.15, 0.2) is 40.9 Å². The quantitative estimate of drug-likeness (QED) is 0.471. The summed E-state index contributed by atoms with van der Waals surface area (Å²) in [5, 5.41) is 14.6. The molecule has 0 aliphatic rings. The molecule has 0 saturated heterocycles. The zero-order valence-corrected chi connectivity index (χ0v) is 16.1. The van der Waals surface area contributed by atoms with Crippen LogP contribution in [0, 0.1) is 6.92 Å². The summed E-state index contributed by atoms with van der Waals surface area (Å²) in [5.41, 5.74) is 1.46. The van der Waals surface area contributed by atoms with Crippen molar-refractivity contribution in [2.45, 2.75) is 17.8 Å². The number of carbonyl (C=O) groups is 1. The maximum atomic E-state index is 12.0. The molecule has 0 aliphatic carbocycles. The van der Waals surface area contributed by atoms with Crippen LogP contribution in [-0.4, -0.2) is 45.9 Å². The van der Waals surface area contributed by atoms with Gasteiger partial charge in [0.1, 0.15) is 16.5 Å². The zero-order chi connectivity index (χ0) is 18.4. The minimum absolute atomic E-state index is 0.183. The van der Waals surface area contributed by atoms with Gasteiger partial charge in [-0.25, -0.2) is 4.98 Å². The lowest BCUT2D eigenvalue weighted by molar-refractivity contribution is 0.0932. The smallest absolute Gasteiger partial charge is 0.270 e. The second-order valence-corrected chi connectivity index (χ2v) is 7.25. The molecular weight excluding hydrogens is 370 g/mol. The number of thiazole rings is 1. The molecule has 1 N–H and O–H groups in total. The normalized spacial score (nSPS) is 10.8. The number of amides is 1. The van der Waals surface area contributed by atoms with Gasteiger partial charge in [0.05, 0.1) is 12.4 Å². The maximum absolute atomic E-state index is 12.0. The number of ether oxygens (including phenoxy) is 1. The molecule has 3 aromatic rings. The van der Waals surface area contributed by atoms with Crippen molar-refractivity contribution >= 4 is 29.0 Å². The summed E-state index contributed by atoms with van der Waals surface area (Å²) in [6.45, 7) is 2.87. The average molecular weight is 390 g/mol. The summed E-state index contributed by atoms with van der Waals surface area (Å²) >= 11 is 3.01. The van der Waals surface area contributed by atoms with E-state index in [0.717, 1.165) is 21.7 Å². The number of nitrogens with one attached hydrogen (secondary N) is 1. The molecule has 0 spiro atoms. The van der Waals surface area contributed by atoms with Crippen LogP contribution in [-0.2, 0) is 10.5 Å². The van der Waals surface area contributed by atoms with Gasteiger partial charge in [-0.3, -0.25) is 9.36 Å². The van der Waals surface area contributed by atoms with E-state index in [4.69, 9.17) is 4.74 Å². The molecule has 0 saturated carbocycles. The van der Waals surface area contributed by atoms with E-state index in [2.05, 4.69) is 20.5 Å². The van der Waals surface area contributed by atoms with E-state index < -0.39 is 0 Å². The Balaban J connectivity index is 1.65. The molecule has 0 bridgehead atoms. The second-order valence-electron chi connectivity index (χ2n) is 5.36. The third-order valence-corrected chi connectivity index (χ3v) is 5.48. The number of rotatable bonds is 8. The Morgan fingerprint density at radius 3 is 2.88 bits per heavy atom. The maximum Gasteiger partial charge on any atom is 0.270 e. The van der Waals surface area contributed by atoms with E-state index in [1.54, 1.807) is 24.3 Å². The molecule has 2 aromatic heterocycles. The highest BCUT2D eigenvalue weighted by atomic mass is 32.2. The van der Waals surface area contributed by atoms with Gasteiger partial charge in [-0.05, 0) is 19.1 Å². The Labute approximate surface area is 159 Å². The minimum Gasteiger partial charge on any atom is -0.383 e. The summed E-state index contributed by atoms with van der Waals surface area (Å²) in [7, 11) is 1.60. The first-order valence-electron chi connectivity index (χ1n) is 8.01. The SMILES string of the molecule is COCCNC(=O)c1csc(CSc2nnc(C)n2-c2ccccc2)n1. The van der Waals surface area contributed by atoms with Crippen LogP contribution in [0.3, 0.4) is 0 Å². The number of methoxy groups -OCH3 is 1. The Kier molecular flexibility index (Phi) is 6.37. The number of aryl methyl sites for hydroxylation is 1. The second kappa shape index (κ2) is 8.93. The van der Waals surface area contributed by atoms with Crippen LogP contribution >= 0.6 is 23.1 Å². The van der Waals surface area contributed by atoms with Gasteiger partial charge in [-0.15, -0.1) is 21.5 Å². The van der Waals surface area contributed by atoms with Gasteiger partial charge in [0.25, 0.3) is 5.91 Å². The lowest BCUT2D eigenvalue weighted by Crippen LogP contribution is -2.27. The van der Waals surface area contributed by atoms with Crippen LogP contribution < -0.4 is 5.32 Å². The third-order valence-electron chi connectivity index (χ3n) is 3.51. The largest absolute Gasteiger partial charge is 0.383 e. The molecule has 3 rings (SSSR count). The van der Waals surface area contributed by atoms with E-state index in [1.165, 1.54) is 11.3 Å². The lowest BCUT2D eigenvalue weighted by Gasteiger charge is -2.07. The molecule has 9 heteroatoms. The van der Waals surface area contributed by atoms with Gasteiger partial charge in [-0.1, -0.05) is 30.0 Å². The average Bonchev–Trinajstić information content (AvgIpc) is 3.27. The first-order chi connectivity index (χ1) is 12.7. The molecule has 0 unspecified atom stereocenters. The number of thioether (sulfide) groups is 1. The van der Waals surface area contributed by atoms with Crippen LogP contribution in [0.25, 0.3) is 5.69 Å². The summed E-state index contributed by atoms with van der Waals surface area (Å²) in [4.78, 5) is 16.4. The van der Waals surface area contributed by atoms with Crippen molar-refractivity contribution in [3.05, 3.63) is 52.2 Å². The van der Waals surface area contributed by atoms with E-state index in [1.807, 2.05) is 41.8 Å². The van der Waals surface area contributed by atoms with Gasteiger partial charge in [0.2, 0.25) is 0 Å². The molecular formula is C17H19N5O2S2. The molecule has 2 heterocycles. The van der Waals surface area contributed by atoms with Crippen molar-refractivity contribution in [3.8, 4) is 5.69 Å². The summed E-state index contributed by atoms with van der Waals surface area (Å²) in [6.07, 6.45) is 0. The summed E-state index contributed by atoms with van der Waals surface area (Å²) < 4.78 is 6.93. The molecule has 1 amide bonds. The zero-order valence-electron chi connectivity index (χ0n) is 14.5. The van der Waals surface area contributed by atoms with Crippen LogP contribution in [0.5, 0.6) is 0 Å². The molecule has 7 nitrogen and oxygen atoms in total. The number of nitrogens with zero attached hydrogens (tertiary/aromatic N) is 4. The van der Waals surface area contributed by atoms with E-state index in [-0.39, 0.29) is 5.91 Å². The van der Waals surface area contributed by atoms with Crippen molar-refractivity contribution in [1.82, 2.24) is 25.1 Å². The highest BCUT2D eigenvalue weighted by Crippen LogP contribution is 2.26. The minimum atomic E-state index is -0.183. The number of benzene rings is 1. The molecule has 1 aromatic carbocycles. The fourth-order valence-electron chi connectivity index (χ4n) is 2.28. The molecule has 0 radical (unpaired) electrons. The number of carbonyl (C=O) groups excluding carboxylic acids is 1. The van der Waals surface area contributed by atoms with E-state index >= 15 is 0 Å². The standard InChI is InChI=1S/C17H19N5O2S2/c1-12-20-21-17(22(12)13-6-4-3-5-7-13)26-11-15-19-14(10-25-15)16(23)18-8-9-24-2/h3-7,10H,8-9,11H2,1-2H3,(H,18,23). The summed E-state index contributed by atoms with van der Waals surface area (Å²) in [6, 6.07) is 9.99. The Morgan fingerprint density at radius 1 is 1.31 bits per heavy atom. The predicted molar refractivity (Wildman–Crippen MR) is 102 cm³/mol. The molecule has 0 fully saturated rings. The first kappa shape index (κ1) is 18.6. The predicted octanol–water partition coefficient (Wildman–Crippen LogP) is 2.70. The Bertz CT molecular complexity index is 863. The number of hydrogen-bond donors (Lipinski definition) is 1. The monoisotopic (exact) mass is 389 g/mol. The van der Waals surface area contributed by atoms with Gasteiger partial charge >= 0.3 is 0 Å². The van der Waals surface area contributed by atoms with Crippen molar-refractivity contribution in [2.75, 3.05) is 20.3 Å². The van der Waals surface area contributed by atoms with E-state index in [0.29, 0.717) is 24.6 Å². The lowest BCUT2D eigenvalue weighted by atomic mass is 10.3. The molecule has 0 atom stereocenters. The highest BCUT2D eigenvalue weighted by Gasteiger charge is 2.14. The number of aromatic nitrogens is 4. The fraction of sp³-hybridized carbons (Fsp3) is 0.294. The van der Waals surface area contributed by atoms with Crippen LogP contribution in [0.1, 0.15) is 21.3 Å². The topological polar surface area (TPSA) is 81.9 Å². The first-order valence-corrected chi connectivity index (χ1v) is 9.87. The number of para-hydroxylation sites is 1. The van der Waals surface area contributed by atoms with Crippen molar-refractivity contribution in [2.24, 2.45) is 0 Å². The van der Waals surface area contributed by atoms with Crippen LogP contribution in [0.2, 0.25) is 0 Å². The van der Waals surface area contributed by atoms with Gasteiger partial charge in [0.15, 0.2) is 5.16 Å². The van der Waals surface area contributed by atoms with Crippen LogP contribution in [0.4, 0.5) is 0 Å². The molecule has 26 heavy (non-hydrogen) atoms. The van der Waals surface area contributed by atoms with Gasteiger partial charge in [0, 0.05) is 24.7 Å². The Hall–Kier alpha value is -2.23. The summed E-state index contributed by atoms with van der Waals surface area (Å²) in [5.74, 6) is 1.27. The van der Waals surface area contributed by atoms with Crippen molar-refractivity contribution < 1.29 is 9.53 Å². The van der Waals surface area contributed by atoms with Gasteiger partial charge in [-0.2, -0.15) is 0 Å². The van der Waals surface area contributed by atoms with Crippen molar-refractivity contribution in [1.29, 1.82) is 0 Å². The molecule has 136 valence electrons. The van der Waals surface area contributed by atoms with E-state index in [9.17, 15) is 4.79 Å². The third kappa shape index (κ3) is 4.48. The van der Waals surface area contributed by atoms with Crippen molar-refractivity contribution in [3.63, 3.8) is 0 Å². The van der Waals surface area contributed by atoms with Gasteiger partial charge < -0.3 is 10.1 Å². The Morgan fingerprint density at radius 2 is 2.12 bits per heavy atom. The fourth-order valence-corrected chi connectivity index (χ4v) is 4.07. The highest BCUT2D eigenvalue weighted by molar-refractivity contribution is 7.98.